The number of carbonyl (C=O) groups is 2. The molecule has 1 aromatic heterocycles. The Hall–Kier alpha value is -2.65. The number of carbonyl (C=O) groups excluding carboxylic acids is 2. The average Bonchev–Trinajstić information content (AvgIpc) is 2.98. The number of nitrogens with zero attached hydrogens (tertiary/aromatic N) is 2. The monoisotopic (exact) mass is 485 g/mol. The van der Waals surface area contributed by atoms with Gasteiger partial charge in [-0.1, -0.05) is 41.9 Å². The second-order valence-electron chi connectivity index (χ2n) is 5.97. The molecule has 0 fully saturated rings. The van der Waals surface area contributed by atoms with Crippen LogP contribution in [0.1, 0.15) is 32.1 Å². The van der Waals surface area contributed by atoms with E-state index in [0.717, 1.165) is 4.68 Å². The minimum atomic E-state index is -4.73. The summed E-state index contributed by atoms with van der Waals surface area (Å²) >= 11 is 8.79. The van der Waals surface area contributed by atoms with Gasteiger partial charge in [-0.3, -0.25) is 14.3 Å². The Morgan fingerprint density at radius 1 is 1.14 bits per heavy atom. The summed E-state index contributed by atoms with van der Waals surface area (Å²) in [6.45, 7) is 0. The van der Waals surface area contributed by atoms with E-state index in [9.17, 15) is 22.8 Å². The predicted octanol–water partition coefficient (Wildman–Crippen LogP) is 5.34. The largest absolute Gasteiger partial charge is 0.436 e. The van der Waals surface area contributed by atoms with Gasteiger partial charge in [0.05, 0.1) is 10.2 Å². The third kappa shape index (κ3) is 4.35. The third-order valence-electron chi connectivity index (χ3n) is 3.98. The second-order valence-corrected chi connectivity index (χ2v) is 7.20. The lowest BCUT2D eigenvalue weighted by atomic mass is 10.0. The normalized spacial score (nSPS) is 11.4. The molecule has 0 spiro atoms. The van der Waals surface area contributed by atoms with Crippen molar-refractivity contribution in [1.29, 1.82) is 0 Å². The number of halogens is 5. The molecule has 5 nitrogen and oxygen atoms in total. The highest BCUT2D eigenvalue weighted by atomic mass is 79.9. The zero-order valence-corrected chi connectivity index (χ0v) is 17.1. The molecule has 3 rings (SSSR count). The van der Waals surface area contributed by atoms with Gasteiger partial charge in [0.25, 0.3) is 5.91 Å². The number of rotatable bonds is 4. The van der Waals surface area contributed by atoms with Crippen LogP contribution in [0.5, 0.6) is 0 Å². The summed E-state index contributed by atoms with van der Waals surface area (Å²) in [5.41, 5.74) is -0.986. The number of aryl methyl sites for hydroxylation is 1. The summed E-state index contributed by atoms with van der Waals surface area (Å²) < 4.78 is 39.4. The first-order chi connectivity index (χ1) is 13.6. The van der Waals surface area contributed by atoms with Crippen LogP contribution in [0.4, 0.5) is 18.9 Å². The molecule has 0 aliphatic carbocycles. The Bertz CT molecular complexity index is 1100. The minimum Gasteiger partial charge on any atom is -0.320 e. The highest BCUT2D eigenvalue weighted by molar-refractivity contribution is 9.10. The quantitative estimate of drug-likeness (QED) is 0.507. The van der Waals surface area contributed by atoms with Crippen LogP contribution >= 0.6 is 27.5 Å². The van der Waals surface area contributed by atoms with Gasteiger partial charge in [-0.2, -0.15) is 18.3 Å². The molecule has 0 saturated heterocycles. The van der Waals surface area contributed by atoms with Crippen molar-refractivity contribution in [2.75, 3.05) is 5.32 Å². The van der Waals surface area contributed by atoms with E-state index in [1.807, 2.05) is 0 Å². The predicted molar refractivity (Wildman–Crippen MR) is 105 cm³/mol. The number of nitrogens with one attached hydrogen (secondary N) is 1. The molecular weight excluding hydrogens is 475 g/mol. The number of ketones is 1. The van der Waals surface area contributed by atoms with Crippen LogP contribution in [0, 0.1) is 0 Å². The zero-order chi connectivity index (χ0) is 21.3. The van der Waals surface area contributed by atoms with Gasteiger partial charge in [0, 0.05) is 23.2 Å². The number of amides is 1. The number of benzene rings is 2. The van der Waals surface area contributed by atoms with Crippen molar-refractivity contribution in [3.63, 3.8) is 0 Å². The van der Waals surface area contributed by atoms with E-state index < -0.39 is 28.0 Å². The fourth-order valence-corrected chi connectivity index (χ4v) is 3.58. The van der Waals surface area contributed by atoms with Crippen LogP contribution in [0.2, 0.25) is 5.02 Å². The van der Waals surface area contributed by atoms with Gasteiger partial charge < -0.3 is 5.32 Å². The van der Waals surface area contributed by atoms with Gasteiger partial charge in [0.1, 0.15) is 5.69 Å². The Morgan fingerprint density at radius 2 is 1.79 bits per heavy atom. The molecule has 0 aliphatic rings. The maximum absolute atomic E-state index is 13.0. The third-order valence-corrected chi connectivity index (χ3v) is 4.97. The molecule has 0 unspecified atom stereocenters. The number of alkyl halides is 3. The van der Waals surface area contributed by atoms with Crippen molar-refractivity contribution >= 4 is 44.9 Å². The van der Waals surface area contributed by atoms with Gasteiger partial charge in [0.15, 0.2) is 11.5 Å². The first-order valence-electron chi connectivity index (χ1n) is 8.10. The minimum absolute atomic E-state index is 0.103. The molecule has 0 saturated carbocycles. The molecule has 0 atom stereocenters. The lowest BCUT2D eigenvalue weighted by Crippen LogP contribution is -2.18. The van der Waals surface area contributed by atoms with E-state index >= 15 is 0 Å². The van der Waals surface area contributed by atoms with Crippen molar-refractivity contribution in [3.8, 4) is 0 Å². The van der Waals surface area contributed by atoms with Gasteiger partial charge in [-0.05, 0) is 34.1 Å². The van der Waals surface area contributed by atoms with Crippen molar-refractivity contribution in [2.45, 2.75) is 6.18 Å². The molecule has 0 radical (unpaired) electrons. The van der Waals surface area contributed by atoms with E-state index in [2.05, 4.69) is 26.3 Å². The molecule has 0 bridgehead atoms. The molecule has 10 heteroatoms. The molecule has 1 heterocycles. The van der Waals surface area contributed by atoms with Crippen molar-refractivity contribution < 1.29 is 22.8 Å². The topological polar surface area (TPSA) is 64.0 Å². The van der Waals surface area contributed by atoms with Crippen molar-refractivity contribution in [3.05, 3.63) is 80.5 Å². The van der Waals surface area contributed by atoms with Crippen molar-refractivity contribution in [2.24, 2.45) is 7.05 Å². The molecule has 1 N–H and O–H groups in total. The summed E-state index contributed by atoms with van der Waals surface area (Å²) in [6.07, 6.45) is -4.73. The average molecular weight is 487 g/mol. The molecular formula is C19H12BrClF3N3O2. The summed E-state index contributed by atoms with van der Waals surface area (Å²) in [4.78, 5) is 25.5. The van der Waals surface area contributed by atoms with E-state index in [0.29, 0.717) is 5.56 Å². The Kier molecular flexibility index (Phi) is 5.81. The van der Waals surface area contributed by atoms with E-state index in [1.54, 1.807) is 30.3 Å². The van der Waals surface area contributed by atoms with Gasteiger partial charge in [-0.15, -0.1) is 0 Å². The lowest BCUT2D eigenvalue weighted by molar-refractivity contribution is -0.142. The van der Waals surface area contributed by atoms with Crippen LogP contribution in [0.25, 0.3) is 0 Å². The summed E-state index contributed by atoms with van der Waals surface area (Å²) in [5.74, 6) is -1.27. The first kappa shape index (κ1) is 21.1. The van der Waals surface area contributed by atoms with E-state index in [1.165, 1.54) is 25.2 Å². The number of anilines is 1. The molecule has 150 valence electrons. The summed E-state index contributed by atoms with van der Waals surface area (Å²) in [5, 5.41) is 6.10. The maximum Gasteiger partial charge on any atom is 0.436 e. The van der Waals surface area contributed by atoms with Gasteiger partial charge >= 0.3 is 6.18 Å². The number of hydrogen-bond donors (Lipinski definition) is 1. The Labute approximate surface area is 176 Å². The Balaban J connectivity index is 1.99. The first-order valence-corrected chi connectivity index (χ1v) is 9.27. The zero-order valence-electron chi connectivity index (χ0n) is 14.7. The van der Waals surface area contributed by atoms with E-state index in [-0.39, 0.29) is 22.0 Å². The number of hydrogen-bond acceptors (Lipinski definition) is 3. The summed E-state index contributed by atoms with van der Waals surface area (Å²) in [7, 11) is 1.22. The second kappa shape index (κ2) is 8.00. The highest BCUT2D eigenvalue weighted by Crippen LogP contribution is 2.36. The van der Waals surface area contributed by atoms with Gasteiger partial charge in [-0.25, -0.2) is 0 Å². The molecule has 3 aromatic rings. The molecule has 1 amide bonds. The SMILES string of the molecule is Cn1nc(C(F)(F)F)c(Br)c1C(=O)Nc1ccc(Cl)cc1C(=O)c1ccccc1. The number of aromatic nitrogens is 2. The Morgan fingerprint density at radius 3 is 2.38 bits per heavy atom. The van der Waals surface area contributed by atoms with Crippen LogP contribution in [0.3, 0.4) is 0 Å². The van der Waals surface area contributed by atoms with Crippen LogP contribution in [-0.2, 0) is 13.2 Å². The molecule has 2 aromatic carbocycles. The fraction of sp³-hybridized carbons (Fsp3) is 0.105. The standard InChI is InChI=1S/C19H12BrClF3N3O2/c1-27-15(14(20)17(26-27)19(22,23)24)18(29)25-13-8-7-11(21)9-12(13)16(28)10-5-3-2-4-6-10/h2-9H,1H3,(H,25,29). The maximum atomic E-state index is 13.0. The fourth-order valence-electron chi connectivity index (χ4n) is 2.67. The lowest BCUT2D eigenvalue weighted by Gasteiger charge is -2.12. The van der Waals surface area contributed by atoms with Gasteiger partial charge in [0.2, 0.25) is 0 Å². The van der Waals surface area contributed by atoms with E-state index in [4.69, 9.17) is 11.6 Å². The van der Waals surface area contributed by atoms with Crippen LogP contribution < -0.4 is 5.32 Å². The highest BCUT2D eigenvalue weighted by Gasteiger charge is 2.39. The van der Waals surface area contributed by atoms with Crippen LogP contribution in [0.15, 0.2) is 53.0 Å². The molecule has 0 aliphatic heterocycles. The summed E-state index contributed by atoms with van der Waals surface area (Å²) in [6, 6.07) is 12.6. The van der Waals surface area contributed by atoms with Crippen LogP contribution in [-0.4, -0.2) is 21.5 Å². The van der Waals surface area contributed by atoms with Crippen molar-refractivity contribution in [1.82, 2.24) is 9.78 Å². The smallest absolute Gasteiger partial charge is 0.320 e. The molecule has 29 heavy (non-hydrogen) atoms.